The molecule has 1 aromatic carbocycles. The van der Waals surface area contributed by atoms with Crippen molar-refractivity contribution in [3.63, 3.8) is 0 Å². The molecule has 0 aliphatic carbocycles. The van der Waals surface area contributed by atoms with Crippen molar-refractivity contribution in [1.82, 2.24) is 4.98 Å². The molecule has 1 heterocycles. The number of hydrogen-bond donors (Lipinski definition) is 1. The van der Waals surface area contributed by atoms with Crippen LogP contribution in [0.1, 0.15) is 0 Å². The van der Waals surface area contributed by atoms with Crippen molar-refractivity contribution < 1.29 is 9.66 Å². The van der Waals surface area contributed by atoms with Gasteiger partial charge in [-0.15, -0.1) is 0 Å². The summed E-state index contributed by atoms with van der Waals surface area (Å²) < 4.78 is 5.04. The molecule has 6 heteroatoms. The first-order chi connectivity index (χ1) is 7.63. The van der Waals surface area contributed by atoms with Gasteiger partial charge in [-0.25, -0.2) is 0 Å². The Morgan fingerprint density at radius 1 is 1.44 bits per heavy atom. The molecule has 0 fully saturated rings. The number of hydrogen-bond acceptors (Lipinski definition) is 4. The highest BCUT2D eigenvalue weighted by molar-refractivity contribution is 5.85. The molecule has 1 aromatic heterocycles. The van der Waals surface area contributed by atoms with Crippen LogP contribution >= 0.6 is 0 Å². The predicted molar refractivity (Wildman–Crippen MR) is 57.8 cm³/mol. The molecular formula is C10H8N2O4. The van der Waals surface area contributed by atoms with Crippen molar-refractivity contribution in [2.24, 2.45) is 0 Å². The molecule has 0 spiro atoms. The molecule has 0 aliphatic rings. The normalized spacial score (nSPS) is 10.3. The maximum Gasteiger partial charge on any atom is 0.334 e. The summed E-state index contributed by atoms with van der Waals surface area (Å²) in [5.74, 6) is 0.476. The molecule has 2 aromatic rings. The lowest BCUT2D eigenvalue weighted by molar-refractivity contribution is -0.386. The second-order valence-electron chi connectivity index (χ2n) is 3.17. The number of aromatic nitrogens is 1. The average Bonchev–Trinajstić information content (AvgIpc) is 2.27. The third-order valence-electron chi connectivity index (χ3n) is 2.24. The summed E-state index contributed by atoms with van der Waals surface area (Å²) >= 11 is 0. The first-order valence-corrected chi connectivity index (χ1v) is 4.48. The summed E-state index contributed by atoms with van der Waals surface area (Å²) in [6.07, 6.45) is 0. The number of nitrogens with one attached hydrogen (secondary N) is 1. The highest BCUT2D eigenvalue weighted by atomic mass is 16.6. The van der Waals surface area contributed by atoms with E-state index < -0.39 is 16.2 Å². The summed E-state index contributed by atoms with van der Waals surface area (Å²) in [6, 6.07) is 6.27. The number of benzene rings is 1. The summed E-state index contributed by atoms with van der Waals surface area (Å²) in [6.45, 7) is 0. The minimum atomic E-state index is -0.734. The molecule has 6 nitrogen and oxygen atoms in total. The van der Waals surface area contributed by atoms with E-state index in [2.05, 4.69) is 4.98 Å². The van der Waals surface area contributed by atoms with Gasteiger partial charge >= 0.3 is 11.2 Å². The second kappa shape index (κ2) is 3.65. The molecule has 0 amide bonds. The van der Waals surface area contributed by atoms with Crippen LogP contribution in [0.15, 0.2) is 29.1 Å². The molecule has 82 valence electrons. The standard InChI is InChI=1S/C10H8N2O4/c1-16-8-4-2-3-6-5-7(12(14)15)10(13)11-9(6)8/h2-5H,1H3,(H,11,13). The first-order valence-electron chi connectivity index (χ1n) is 4.48. The summed E-state index contributed by atoms with van der Waals surface area (Å²) in [5.41, 5.74) is -0.747. The van der Waals surface area contributed by atoms with Gasteiger partial charge in [0, 0.05) is 11.5 Å². The minimum Gasteiger partial charge on any atom is -0.495 e. The zero-order chi connectivity index (χ0) is 11.7. The van der Waals surface area contributed by atoms with Gasteiger partial charge in [0.15, 0.2) is 0 Å². The van der Waals surface area contributed by atoms with Crippen LogP contribution in [0, 0.1) is 10.1 Å². The Morgan fingerprint density at radius 2 is 2.19 bits per heavy atom. The van der Waals surface area contributed by atoms with Gasteiger partial charge in [0.1, 0.15) is 5.75 Å². The van der Waals surface area contributed by atoms with E-state index in [0.29, 0.717) is 16.7 Å². The summed E-state index contributed by atoms with van der Waals surface area (Å²) in [7, 11) is 1.47. The Labute approximate surface area is 89.6 Å². The fraction of sp³-hybridized carbons (Fsp3) is 0.100. The summed E-state index contributed by atoms with van der Waals surface area (Å²) in [5, 5.41) is 11.1. The van der Waals surface area contributed by atoms with Crippen LogP contribution in [0.5, 0.6) is 5.75 Å². The van der Waals surface area contributed by atoms with Crippen LogP contribution in [0.2, 0.25) is 0 Å². The minimum absolute atomic E-state index is 0.459. The van der Waals surface area contributed by atoms with Crippen LogP contribution in [0.4, 0.5) is 5.69 Å². The van der Waals surface area contributed by atoms with E-state index in [1.54, 1.807) is 18.2 Å². The number of nitrogens with zero attached hydrogens (tertiary/aromatic N) is 1. The van der Waals surface area contributed by atoms with Gasteiger partial charge in [-0.2, -0.15) is 0 Å². The van der Waals surface area contributed by atoms with Crippen molar-refractivity contribution in [3.05, 3.63) is 44.7 Å². The third kappa shape index (κ3) is 1.50. The smallest absolute Gasteiger partial charge is 0.334 e. The third-order valence-corrected chi connectivity index (χ3v) is 2.24. The van der Waals surface area contributed by atoms with Crippen molar-refractivity contribution in [2.75, 3.05) is 7.11 Å². The van der Waals surface area contributed by atoms with Gasteiger partial charge in [-0.1, -0.05) is 12.1 Å². The molecule has 0 saturated carbocycles. The lowest BCUT2D eigenvalue weighted by Gasteiger charge is -2.03. The molecule has 16 heavy (non-hydrogen) atoms. The maximum absolute atomic E-state index is 11.4. The van der Waals surface area contributed by atoms with Crippen LogP contribution in [-0.2, 0) is 0 Å². The number of ether oxygens (including phenoxy) is 1. The lowest BCUT2D eigenvalue weighted by Crippen LogP contribution is -2.11. The zero-order valence-electron chi connectivity index (χ0n) is 8.39. The molecule has 0 unspecified atom stereocenters. The molecule has 0 bridgehead atoms. The van der Waals surface area contributed by atoms with Gasteiger partial charge in [-0.3, -0.25) is 14.9 Å². The van der Waals surface area contributed by atoms with Crippen molar-refractivity contribution in [3.8, 4) is 5.75 Å². The van der Waals surface area contributed by atoms with E-state index in [4.69, 9.17) is 4.74 Å². The Morgan fingerprint density at radius 3 is 2.81 bits per heavy atom. The van der Waals surface area contributed by atoms with Gasteiger partial charge < -0.3 is 9.72 Å². The largest absolute Gasteiger partial charge is 0.495 e. The van der Waals surface area contributed by atoms with Gasteiger partial charge in [0.25, 0.3) is 0 Å². The molecular weight excluding hydrogens is 212 g/mol. The molecule has 0 aliphatic heterocycles. The number of para-hydroxylation sites is 1. The van der Waals surface area contributed by atoms with Crippen molar-refractivity contribution >= 4 is 16.6 Å². The molecule has 2 rings (SSSR count). The van der Waals surface area contributed by atoms with Gasteiger partial charge in [0.2, 0.25) is 0 Å². The Bertz CT molecular complexity index is 618. The fourth-order valence-corrected chi connectivity index (χ4v) is 1.50. The van der Waals surface area contributed by atoms with Crippen LogP contribution in [0.3, 0.4) is 0 Å². The second-order valence-corrected chi connectivity index (χ2v) is 3.17. The van der Waals surface area contributed by atoms with E-state index >= 15 is 0 Å². The van der Waals surface area contributed by atoms with E-state index in [-0.39, 0.29) is 0 Å². The van der Waals surface area contributed by atoms with Gasteiger partial charge in [0.05, 0.1) is 17.5 Å². The maximum atomic E-state index is 11.4. The SMILES string of the molecule is COc1cccc2cc([N+](=O)[O-])c(=O)[nH]c12. The van der Waals surface area contributed by atoms with Crippen LogP contribution in [0.25, 0.3) is 10.9 Å². The van der Waals surface area contributed by atoms with Crippen LogP contribution in [-0.4, -0.2) is 17.0 Å². The fourth-order valence-electron chi connectivity index (χ4n) is 1.50. The van der Waals surface area contributed by atoms with E-state index in [1.165, 1.54) is 13.2 Å². The number of pyridine rings is 1. The van der Waals surface area contributed by atoms with Gasteiger partial charge in [-0.05, 0) is 6.07 Å². The highest BCUT2D eigenvalue weighted by Crippen LogP contribution is 2.23. The Hall–Kier alpha value is -2.37. The summed E-state index contributed by atoms with van der Waals surface area (Å²) in [4.78, 5) is 23.7. The van der Waals surface area contributed by atoms with Crippen molar-refractivity contribution in [2.45, 2.75) is 0 Å². The van der Waals surface area contributed by atoms with E-state index in [9.17, 15) is 14.9 Å². The average molecular weight is 220 g/mol. The quantitative estimate of drug-likeness (QED) is 0.613. The Balaban J connectivity index is 2.83. The number of nitro groups is 1. The number of H-pyrrole nitrogens is 1. The molecule has 0 saturated heterocycles. The molecule has 1 N–H and O–H groups in total. The van der Waals surface area contributed by atoms with Crippen LogP contribution < -0.4 is 10.3 Å². The topological polar surface area (TPSA) is 85.2 Å². The highest BCUT2D eigenvalue weighted by Gasteiger charge is 2.14. The molecule has 0 atom stereocenters. The predicted octanol–water partition coefficient (Wildman–Crippen LogP) is 1.44. The number of aromatic amines is 1. The van der Waals surface area contributed by atoms with E-state index in [1.807, 2.05) is 0 Å². The molecule has 0 radical (unpaired) electrons. The number of fused-ring (bicyclic) bond motifs is 1. The number of rotatable bonds is 2. The van der Waals surface area contributed by atoms with E-state index in [0.717, 1.165) is 0 Å². The Kier molecular flexibility index (Phi) is 2.32. The monoisotopic (exact) mass is 220 g/mol. The first kappa shape index (κ1) is 10.2. The zero-order valence-corrected chi connectivity index (χ0v) is 8.39. The number of methoxy groups -OCH3 is 1. The lowest BCUT2D eigenvalue weighted by atomic mass is 10.2. The van der Waals surface area contributed by atoms with Crippen molar-refractivity contribution in [1.29, 1.82) is 0 Å².